The number of benzene rings is 1. The van der Waals surface area contributed by atoms with Gasteiger partial charge < -0.3 is 24.2 Å². The summed E-state index contributed by atoms with van der Waals surface area (Å²) in [5, 5.41) is 9.09. The van der Waals surface area contributed by atoms with Gasteiger partial charge in [-0.05, 0) is 37.0 Å². The van der Waals surface area contributed by atoms with Gasteiger partial charge in [-0.3, -0.25) is 0 Å². The molecule has 10 heteroatoms. The van der Waals surface area contributed by atoms with Crippen molar-refractivity contribution in [3.8, 4) is 5.75 Å². The summed E-state index contributed by atoms with van der Waals surface area (Å²) in [5.74, 6) is -1.12. The Bertz CT molecular complexity index is 722. The first-order chi connectivity index (χ1) is 14.1. The molecule has 0 bridgehead atoms. The number of nitrogens with zero attached hydrogens (tertiary/aromatic N) is 1. The number of hydrogen-bond donors (Lipinski definition) is 1. The highest BCUT2D eigenvalue weighted by Gasteiger charge is 2.56. The van der Waals surface area contributed by atoms with Crippen LogP contribution in [0.25, 0.3) is 0 Å². The fourth-order valence-electron chi connectivity index (χ4n) is 4.04. The normalized spacial score (nSPS) is 24.8. The zero-order valence-corrected chi connectivity index (χ0v) is 18.1. The van der Waals surface area contributed by atoms with Crippen LogP contribution in [0.4, 0.5) is 18.0 Å². The first kappa shape index (κ1) is 23.1. The lowest BCUT2D eigenvalue weighted by molar-refractivity contribution is -0.227. The van der Waals surface area contributed by atoms with Crippen molar-refractivity contribution in [2.75, 3.05) is 26.8 Å². The topological polar surface area (TPSA) is 68.2 Å². The molecule has 2 fully saturated rings. The van der Waals surface area contributed by atoms with E-state index in [0.717, 1.165) is 5.56 Å². The molecule has 1 amide bonds. The molecule has 3 atom stereocenters. The van der Waals surface area contributed by atoms with E-state index in [4.69, 9.17) is 19.3 Å². The molecule has 1 aromatic rings. The molecule has 2 unspecified atom stereocenters. The van der Waals surface area contributed by atoms with Gasteiger partial charge in [0.2, 0.25) is 0 Å². The number of piperidine rings is 1. The largest absolute Gasteiger partial charge is 0.497 e. The number of carboxylic acid groups (broad SMARTS) is 1. The maximum absolute atomic E-state index is 13.8. The molecular formula is C20H25BrF3NO5. The SMILES string of the molecule is COc1ccc(COCC([C@H]2OC3(CCN(C(=O)O)CC3)CC2Br)C(F)(F)F)cc1. The molecular weight excluding hydrogens is 471 g/mol. The van der Waals surface area contributed by atoms with Crippen molar-refractivity contribution in [3.05, 3.63) is 29.8 Å². The molecule has 2 aliphatic rings. The quantitative estimate of drug-likeness (QED) is 0.590. The summed E-state index contributed by atoms with van der Waals surface area (Å²) < 4.78 is 57.9. The van der Waals surface area contributed by atoms with Gasteiger partial charge >= 0.3 is 12.3 Å². The predicted molar refractivity (Wildman–Crippen MR) is 106 cm³/mol. The Hall–Kier alpha value is -1.52. The minimum absolute atomic E-state index is 0.0506. The standard InChI is InChI=1S/C20H25BrF3NO5/c1-28-14-4-2-13(3-5-14)11-29-12-15(20(22,23)24)17-16(21)10-19(30-17)6-8-25(9-7-19)18(26)27/h2-5,15-17H,6-12H2,1H3,(H,26,27)/t15?,16?,17-/m1/s1. The summed E-state index contributed by atoms with van der Waals surface area (Å²) in [6.07, 6.45) is -5.41. The van der Waals surface area contributed by atoms with Crippen molar-refractivity contribution in [3.63, 3.8) is 0 Å². The molecule has 2 aliphatic heterocycles. The average molecular weight is 496 g/mol. The summed E-state index contributed by atoms with van der Waals surface area (Å²) in [4.78, 5) is 11.9. The lowest BCUT2D eigenvalue weighted by Crippen LogP contribution is -2.47. The summed E-state index contributed by atoms with van der Waals surface area (Å²) in [5.41, 5.74) is 0.0153. The van der Waals surface area contributed by atoms with Gasteiger partial charge in [0, 0.05) is 17.9 Å². The average Bonchev–Trinajstić information content (AvgIpc) is 3.00. The molecule has 1 aromatic carbocycles. The monoisotopic (exact) mass is 495 g/mol. The Morgan fingerprint density at radius 3 is 2.50 bits per heavy atom. The van der Waals surface area contributed by atoms with Crippen LogP contribution >= 0.6 is 15.9 Å². The van der Waals surface area contributed by atoms with Crippen LogP contribution < -0.4 is 4.74 Å². The summed E-state index contributed by atoms with van der Waals surface area (Å²) in [6, 6.07) is 6.93. The van der Waals surface area contributed by atoms with Crippen LogP contribution in [0, 0.1) is 5.92 Å². The van der Waals surface area contributed by atoms with E-state index < -0.39 is 41.3 Å². The minimum atomic E-state index is -4.48. The third-order valence-corrected chi connectivity index (χ3v) is 6.64. The van der Waals surface area contributed by atoms with E-state index in [1.165, 1.54) is 12.0 Å². The molecule has 30 heavy (non-hydrogen) atoms. The Labute approximate surface area is 181 Å². The first-order valence-corrected chi connectivity index (χ1v) is 10.6. The Morgan fingerprint density at radius 1 is 1.33 bits per heavy atom. The molecule has 0 aromatic heterocycles. The van der Waals surface area contributed by atoms with Crippen LogP contribution in [0.2, 0.25) is 0 Å². The van der Waals surface area contributed by atoms with Crippen LogP contribution in [-0.2, 0) is 16.1 Å². The lowest BCUT2D eigenvalue weighted by atomic mass is 9.88. The Morgan fingerprint density at radius 2 is 1.97 bits per heavy atom. The van der Waals surface area contributed by atoms with Gasteiger partial charge in [-0.1, -0.05) is 28.1 Å². The van der Waals surface area contributed by atoms with Crippen molar-refractivity contribution >= 4 is 22.0 Å². The number of ether oxygens (including phenoxy) is 3. The van der Waals surface area contributed by atoms with Crippen molar-refractivity contribution in [2.45, 2.75) is 48.6 Å². The molecule has 1 N–H and O–H groups in total. The van der Waals surface area contributed by atoms with E-state index in [0.29, 0.717) is 25.0 Å². The number of amides is 1. The summed E-state index contributed by atoms with van der Waals surface area (Å²) in [6.45, 7) is 0.0491. The Kier molecular flexibility index (Phi) is 7.19. The molecule has 2 heterocycles. The van der Waals surface area contributed by atoms with E-state index in [2.05, 4.69) is 15.9 Å². The molecule has 2 saturated heterocycles. The van der Waals surface area contributed by atoms with Gasteiger partial charge in [0.25, 0.3) is 0 Å². The lowest BCUT2D eigenvalue weighted by Gasteiger charge is -2.38. The van der Waals surface area contributed by atoms with Crippen molar-refractivity contribution < 1.29 is 37.3 Å². The van der Waals surface area contributed by atoms with Gasteiger partial charge in [0.15, 0.2) is 0 Å². The molecule has 3 rings (SSSR count). The van der Waals surface area contributed by atoms with Crippen LogP contribution in [-0.4, -0.2) is 65.6 Å². The molecule has 6 nitrogen and oxygen atoms in total. The zero-order valence-electron chi connectivity index (χ0n) is 16.5. The first-order valence-electron chi connectivity index (χ1n) is 9.71. The number of hydrogen-bond acceptors (Lipinski definition) is 4. The van der Waals surface area contributed by atoms with Gasteiger partial charge in [-0.25, -0.2) is 4.79 Å². The molecule has 168 valence electrons. The van der Waals surface area contributed by atoms with Crippen LogP contribution in [0.15, 0.2) is 24.3 Å². The van der Waals surface area contributed by atoms with Gasteiger partial charge in [-0.15, -0.1) is 0 Å². The number of methoxy groups -OCH3 is 1. The van der Waals surface area contributed by atoms with E-state index in [1.807, 2.05) is 0 Å². The predicted octanol–water partition coefficient (Wildman–Crippen LogP) is 4.46. The van der Waals surface area contributed by atoms with Gasteiger partial charge in [0.05, 0.1) is 32.0 Å². The smallest absolute Gasteiger partial charge is 0.407 e. The molecule has 0 aliphatic carbocycles. The second kappa shape index (κ2) is 9.32. The van der Waals surface area contributed by atoms with Gasteiger partial charge in [-0.2, -0.15) is 13.2 Å². The fourth-order valence-corrected chi connectivity index (χ4v) is 5.11. The van der Waals surface area contributed by atoms with E-state index in [1.54, 1.807) is 24.3 Å². The van der Waals surface area contributed by atoms with Crippen molar-refractivity contribution in [1.29, 1.82) is 0 Å². The van der Waals surface area contributed by atoms with E-state index in [9.17, 15) is 18.0 Å². The van der Waals surface area contributed by atoms with E-state index >= 15 is 0 Å². The zero-order chi connectivity index (χ0) is 21.9. The number of rotatable bonds is 6. The van der Waals surface area contributed by atoms with Crippen LogP contribution in [0.3, 0.4) is 0 Å². The van der Waals surface area contributed by atoms with Crippen molar-refractivity contribution in [1.82, 2.24) is 4.90 Å². The van der Waals surface area contributed by atoms with Crippen LogP contribution in [0.5, 0.6) is 5.75 Å². The van der Waals surface area contributed by atoms with Gasteiger partial charge in [0.1, 0.15) is 11.7 Å². The second-order valence-electron chi connectivity index (χ2n) is 7.77. The number of alkyl halides is 4. The van der Waals surface area contributed by atoms with Crippen LogP contribution in [0.1, 0.15) is 24.8 Å². The number of likely N-dealkylation sites (tertiary alicyclic amines) is 1. The molecule has 1 spiro atoms. The summed E-state index contributed by atoms with van der Waals surface area (Å²) >= 11 is 3.38. The highest BCUT2D eigenvalue weighted by molar-refractivity contribution is 9.09. The molecule has 0 saturated carbocycles. The minimum Gasteiger partial charge on any atom is -0.497 e. The number of halogens is 4. The van der Waals surface area contributed by atoms with E-state index in [-0.39, 0.29) is 19.7 Å². The third kappa shape index (κ3) is 5.39. The highest BCUT2D eigenvalue weighted by Crippen LogP contribution is 2.47. The number of carbonyl (C=O) groups is 1. The highest BCUT2D eigenvalue weighted by atomic mass is 79.9. The third-order valence-electron chi connectivity index (χ3n) is 5.80. The molecule has 0 radical (unpaired) electrons. The van der Waals surface area contributed by atoms with Crippen molar-refractivity contribution in [2.24, 2.45) is 5.92 Å². The summed E-state index contributed by atoms with van der Waals surface area (Å²) in [7, 11) is 1.54. The Balaban J connectivity index is 1.61. The second-order valence-corrected chi connectivity index (χ2v) is 8.94. The maximum atomic E-state index is 13.8. The fraction of sp³-hybridized carbons (Fsp3) is 0.650. The maximum Gasteiger partial charge on any atom is 0.407 e.